The van der Waals surface area contributed by atoms with E-state index in [1.165, 1.54) is 18.4 Å². The van der Waals surface area contributed by atoms with Crippen LogP contribution in [0.15, 0.2) is 60.8 Å². The highest BCUT2D eigenvalue weighted by molar-refractivity contribution is 6.13. The Labute approximate surface area is 216 Å². The molecule has 1 aliphatic heterocycles. The first-order chi connectivity index (χ1) is 18.1. The third kappa shape index (κ3) is 5.37. The first-order valence-electron chi connectivity index (χ1n) is 13.4. The molecule has 2 aromatic carbocycles. The van der Waals surface area contributed by atoms with Gasteiger partial charge in [-0.1, -0.05) is 36.4 Å². The van der Waals surface area contributed by atoms with Gasteiger partial charge in [-0.25, -0.2) is 4.98 Å². The molecule has 3 N–H and O–H groups in total. The number of hydrogen-bond donors (Lipinski definition) is 3. The van der Waals surface area contributed by atoms with E-state index >= 15 is 0 Å². The Bertz CT molecular complexity index is 1420. The maximum atomic E-state index is 12.9. The summed E-state index contributed by atoms with van der Waals surface area (Å²) in [7, 11) is 0. The number of fused-ring (bicyclic) bond motifs is 3. The Morgan fingerprint density at radius 2 is 1.78 bits per heavy atom. The van der Waals surface area contributed by atoms with Gasteiger partial charge >= 0.3 is 0 Å². The lowest BCUT2D eigenvalue weighted by Crippen LogP contribution is -2.34. The van der Waals surface area contributed by atoms with Gasteiger partial charge in [0.25, 0.3) is 5.91 Å². The van der Waals surface area contributed by atoms with Crippen LogP contribution in [0.2, 0.25) is 0 Å². The van der Waals surface area contributed by atoms with Crippen LogP contribution in [0, 0.1) is 11.8 Å². The summed E-state index contributed by atoms with van der Waals surface area (Å²) >= 11 is 0. The van der Waals surface area contributed by atoms with Gasteiger partial charge in [-0.3, -0.25) is 14.5 Å². The van der Waals surface area contributed by atoms with E-state index in [0.29, 0.717) is 23.8 Å². The maximum Gasteiger partial charge on any atom is 0.251 e. The van der Waals surface area contributed by atoms with Crippen LogP contribution in [-0.4, -0.2) is 46.3 Å². The highest BCUT2D eigenvalue weighted by atomic mass is 16.2. The van der Waals surface area contributed by atoms with Crippen LogP contribution in [0.1, 0.15) is 48.0 Å². The summed E-state index contributed by atoms with van der Waals surface area (Å²) < 4.78 is 0. The predicted molar refractivity (Wildman–Crippen MR) is 146 cm³/mol. The second kappa shape index (κ2) is 10.3. The first-order valence-corrected chi connectivity index (χ1v) is 13.4. The van der Waals surface area contributed by atoms with Crippen molar-refractivity contribution in [2.75, 3.05) is 25.0 Å². The zero-order valence-electron chi connectivity index (χ0n) is 21.0. The molecule has 0 radical (unpaired) electrons. The number of carbonyl (C=O) groups is 2. The minimum absolute atomic E-state index is 0.0283. The molecule has 2 fully saturated rings. The summed E-state index contributed by atoms with van der Waals surface area (Å²) in [6.45, 7) is 3.93. The number of carbonyl (C=O) groups excluding carboxylic acids is 2. The van der Waals surface area contributed by atoms with Gasteiger partial charge in [-0.2, -0.15) is 0 Å². The lowest BCUT2D eigenvalue weighted by Gasteiger charge is -2.32. The zero-order chi connectivity index (χ0) is 25.2. The first kappa shape index (κ1) is 23.7. The van der Waals surface area contributed by atoms with Crippen LogP contribution < -0.4 is 10.6 Å². The van der Waals surface area contributed by atoms with Crippen molar-refractivity contribution in [2.24, 2.45) is 11.8 Å². The largest absolute Gasteiger partial charge is 0.352 e. The second-order valence-corrected chi connectivity index (χ2v) is 10.5. The third-order valence-corrected chi connectivity index (χ3v) is 7.77. The lowest BCUT2D eigenvalue weighted by atomic mass is 9.93. The van der Waals surface area contributed by atoms with Crippen LogP contribution >= 0.6 is 0 Å². The highest BCUT2D eigenvalue weighted by Crippen LogP contribution is 2.33. The van der Waals surface area contributed by atoms with E-state index in [2.05, 4.69) is 55.8 Å². The van der Waals surface area contributed by atoms with Gasteiger partial charge in [0.1, 0.15) is 0 Å². The minimum atomic E-state index is -0.0533. The second-order valence-electron chi connectivity index (χ2n) is 10.5. The van der Waals surface area contributed by atoms with E-state index < -0.39 is 0 Å². The van der Waals surface area contributed by atoms with Gasteiger partial charge in [0.2, 0.25) is 5.91 Å². The number of hydrogen-bond acceptors (Lipinski definition) is 4. The Balaban J connectivity index is 1.04. The van der Waals surface area contributed by atoms with Gasteiger partial charge in [0.05, 0.1) is 5.52 Å². The van der Waals surface area contributed by atoms with Crippen molar-refractivity contribution in [3.63, 3.8) is 0 Å². The number of pyridine rings is 1. The summed E-state index contributed by atoms with van der Waals surface area (Å²) in [5.74, 6) is 1.29. The molecule has 0 spiro atoms. The molecule has 4 aromatic rings. The normalized spacial score (nSPS) is 16.8. The molecule has 2 amide bonds. The van der Waals surface area contributed by atoms with Gasteiger partial charge < -0.3 is 15.6 Å². The van der Waals surface area contributed by atoms with E-state index in [0.717, 1.165) is 60.7 Å². The van der Waals surface area contributed by atoms with Crippen LogP contribution in [0.4, 0.5) is 5.82 Å². The summed E-state index contributed by atoms with van der Waals surface area (Å²) in [6.07, 6.45) is 6.97. The molecule has 2 aliphatic rings. The van der Waals surface area contributed by atoms with Crippen LogP contribution in [0.3, 0.4) is 0 Å². The number of piperidine rings is 1. The molecule has 2 aromatic heterocycles. The Hall–Kier alpha value is -3.71. The van der Waals surface area contributed by atoms with Gasteiger partial charge in [0.15, 0.2) is 5.82 Å². The number of nitrogens with one attached hydrogen (secondary N) is 3. The molecule has 37 heavy (non-hydrogen) atoms. The monoisotopic (exact) mass is 495 g/mol. The summed E-state index contributed by atoms with van der Waals surface area (Å²) in [5.41, 5.74) is 3.66. The van der Waals surface area contributed by atoms with Crippen LogP contribution in [0.25, 0.3) is 21.8 Å². The molecule has 7 heteroatoms. The fraction of sp³-hybridized carbons (Fsp3) is 0.367. The fourth-order valence-corrected chi connectivity index (χ4v) is 5.40. The molecule has 7 nitrogen and oxygen atoms in total. The maximum absolute atomic E-state index is 12.9. The van der Waals surface area contributed by atoms with Crippen LogP contribution in [-0.2, 0) is 11.3 Å². The Kier molecular flexibility index (Phi) is 6.62. The summed E-state index contributed by atoms with van der Waals surface area (Å²) in [5, 5.41) is 8.07. The standard InChI is InChI=1S/C30H33N5O2/c36-29(32-14-10-20-12-16-35(17-13-20)19-21-4-2-1-3-5-21)23-8-9-24-25-11-15-31-28(27(25)33-26(24)18-23)34-30(37)22-6-7-22/h1-5,8-9,11,15,18,20,22,33H,6-7,10,12-14,16-17,19H2,(H,32,36)(H,31,34,37). The zero-order valence-corrected chi connectivity index (χ0v) is 21.0. The number of rotatable bonds is 8. The number of H-pyrrole nitrogens is 1. The molecule has 0 atom stereocenters. The third-order valence-electron chi connectivity index (χ3n) is 7.77. The number of aromatic amines is 1. The minimum Gasteiger partial charge on any atom is -0.352 e. The Morgan fingerprint density at radius 3 is 2.57 bits per heavy atom. The number of anilines is 1. The van der Waals surface area contributed by atoms with E-state index in [9.17, 15) is 9.59 Å². The smallest absolute Gasteiger partial charge is 0.251 e. The average molecular weight is 496 g/mol. The van der Waals surface area contributed by atoms with Crippen molar-refractivity contribution >= 4 is 39.4 Å². The number of aromatic nitrogens is 2. The van der Waals surface area contributed by atoms with Crippen molar-refractivity contribution in [1.29, 1.82) is 0 Å². The number of likely N-dealkylation sites (tertiary alicyclic amines) is 1. The quantitative estimate of drug-likeness (QED) is 0.317. The molecule has 6 rings (SSSR count). The van der Waals surface area contributed by atoms with Gasteiger partial charge in [-0.15, -0.1) is 0 Å². The fourth-order valence-electron chi connectivity index (χ4n) is 5.40. The van der Waals surface area contributed by atoms with Crippen molar-refractivity contribution < 1.29 is 9.59 Å². The highest BCUT2D eigenvalue weighted by Gasteiger charge is 2.30. The summed E-state index contributed by atoms with van der Waals surface area (Å²) in [4.78, 5) is 35.4. The van der Waals surface area contributed by atoms with Crippen molar-refractivity contribution in [3.8, 4) is 0 Å². The van der Waals surface area contributed by atoms with Crippen molar-refractivity contribution in [3.05, 3.63) is 71.9 Å². The van der Waals surface area contributed by atoms with E-state index in [1.54, 1.807) is 6.20 Å². The van der Waals surface area contributed by atoms with E-state index in [1.807, 2.05) is 24.3 Å². The molecule has 3 heterocycles. The number of benzene rings is 2. The van der Waals surface area contributed by atoms with Crippen LogP contribution in [0.5, 0.6) is 0 Å². The molecule has 1 saturated carbocycles. The molecule has 190 valence electrons. The average Bonchev–Trinajstić information content (AvgIpc) is 3.71. The molecular formula is C30H33N5O2. The summed E-state index contributed by atoms with van der Waals surface area (Å²) in [6, 6.07) is 18.3. The van der Waals surface area contributed by atoms with E-state index in [4.69, 9.17) is 0 Å². The topological polar surface area (TPSA) is 90.1 Å². The molecule has 0 unspecified atom stereocenters. The number of nitrogens with zero attached hydrogens (tertiary/aromatic N) is 2. The SMILES string of the molecule is O=C(NCCC1CCN(Cc2ccccc2)CC1)c1ccc2c(c1)[nH]c1c(NC(=O)C3CC3)nccc12. The van der Waals surface area contributed by atoms with Crippen molar-refractivity contribution in [1.82, 2.24) is 20.2 Å². The van der Waals surface area contributed by atoms with Crippen molar-refractivity contribution in [2.45, 2.75) is 38.6 Å². The molecule has 1 saturated heterocycles. The lowest BCUT2D eigenvalue weighted by molar-refractivity contribution is -0.117. The Morgan fingerprint density at radius 1 is 0.973 bits per heavy atom. The van der Waals surface area contributed by atoms with Gasteiger partial charge in [-0.05, 0) is 74.9 Å². The molecule has 1 aliphatic carbocycles. The predicted octanol–water partition coefficient (Wildman–Crippen LogP) is 5.10. The van der Waals surface area contributed by atoms with E-state index in [-0.39, 0.29) is 17.7 Å². The number of amides is 2. The van der Waals surface area contributed by atoms with Gasteiger partial charge in [0, 0.05) is 47.1 Å². The molecule has 0 bridgehead atoms. The molecular weight excluding hydrogens is 462 g/mol.